The lowest BCUT2D eigenvalue weighted by Gasteiger charge is -2.08. The third-order valence-electron chi connectivity index (χ3n) is 1.78. The maximum Gasteiger partial charge on any atom is 0.349 e. The Labute approximate surface area is 93.9 Å². The van der Waals surface area contributed by atoms with Crippen LogP contribution in [0.3, 0.4) is 0 Å². The van der Waals surface area contributed by atoms with E-state index >= 15 is 0 Å². The predicted octanol–water partition coefficient (Wildman–Crippen LogP) is 1.82. The van der Waals surface area contributed by atoms with E-state index in [1.165, 1.54) is 0 Å². The molecular weight excluding hydrogens is 241 g/mol. The highest BCUT2D eigenvalue weighted by Gasteiger charge is 2.25. The van der Waals surface area contributed by atoms with Crippen LogP contribution in [0.2, 0.25) is 0 Å². The molecule has 0 saturated heterocycles. The average molecular weight is 248 g/mol. The Balaban J connectivity index is 3.30. The molecule has 92 valence electrons. The van der Waals surface area contributed by atoms with E-state index < -0.39 is 40.7 Å². The molecule has 7 heteroatoms. The van der Waals surface area contributed by atoms with Crippen molar-refractivity contribution >= 4 is 11.9 Å². The van der Waals surface area contributed by atoms with Crippen molar-refractivity contribution in [1.82, 2.24) is 0 Å². The highest BCUT2D eigenvalue weighted by Crippen LogP contribution is 2.27. The van der Waals surface area contributed by atoms with E-state index in [0.29, 0.717) is 6.07 Å². The number of halogens is 3. The summed E-state index contributed by atoms with van der Waals surface area (Å²) < 4.78 is 47.8. The summed E-state index contributed by atoms with van der Waals surface area (Å²) in [5, 5.41) is 0. The van der Waals surface area contributed by atoms with Gasteiger partial charge < -0.3 is 9.47 Å². The molecule has 17 heavy (non-hydrogen) atoms. The second kappa shape index (κ2) is 4.86. The zero-order valence-electron chi connectivity index (χ0n) is 8.84. The molecular formula is C10H7F3O4. The summed E-state index contributed by atoms with van der Waals surface area (Å²) in [5.74, 6) is -7.97. The number of benzene rings is 1. The Morgan fingerprint density at radius 1 is 1.18 bits per heavy atom. The van der Waals surface area contributed by atoms with Crippen LogP contribution in [0.4, 0.5) is 13.2 Å². The number of hydrogen-bond acceptors (Lipinski definition) is 4. The van der Waals surface area contributed by atoms with Crippen molar-refractivity contribution in [2.24, 2.45) is 0 Å². The Morgan fingerprint density at radius 2 is 1.76 bits per heavy atom. The second-order valence-corrected chi connectivity index (χ2v) is 2.95. The van der Waals surface area contributed by atoms with Gasteiger partial charge in [-0.3, -0.25) is 4.79 Å². The van der Waals surface area contributed by atoms with Gasteiger partial charge in [0.05, 0.1) is 7.11 Å². The van der Waals surface area contributed by atoms with E-state index in [2.05, 4.69) is 9.47 Å². The standard InChI is InChI=1S/C10H7F3O4/c1-4(14)17-10(15)5-3-6(11)8(13)9(16-2)7(5)12/h3H,1-2H3. The monoisotopic (exact) mass is 248 g/mol. The number of esters is 2. The number of ether oxygens (including phenoxy) is 2. The van der Waals surface area contributed by atoms with Crippen LogP contribution in [0.1, 0.15) is 17.3 Å². The largest absolute Gasteiger partial charge is 0.491 e. The molecule has 0 radical (unpaired) electrons. The Bertz CT molecular complexity index is 485. The minimum absolute atomic E-state index is 0.290. The van der Waals surface area contributed by atoms with Gasteiger partial charge in [0, 0.05) is 6.92 Å². The van der Waals surface area contributed by atoms with Crippen LogP contribution in [0.25, 0.3) is 0 Å². The average Bonchev–Trinajstić information content (AvgIpc) is 2.23. The van der Waals surface area contributed by atoms with Gasteiger partial charge in [0.25, 0.3) is 0 Å². The van der Waals surface area contributed by atoms with Gasteiger partial charge in [-0.2, -0.15) is 4.39 Å². The summed E-state index contributed by atoms with van der Waals surface area (Å²) in [4.78, 5) is 21.7. The molecule has 0 N–H and O–H groups in total. The lowest BCUT2D eigenvalue weighted by atomic mass is 10.2. The van der Waals surface area contributed by atoms with Gasteiger partial charge in [-0.15, -0.1) is 0 Å². The third-order valence-corrected chi connectivity index (χ3v) is 1.78. The van der Waals surface area contributed by atoms with Crippen molar-refractivity contribution in [3.8, 4) is 5.75 Å². The van der Waals surface area contributed by atoms with Crippen LogP contribution in [0.5, 0.6) is 5.75 Å². The predicted molar refractivity (Wildman–Crippen MR) is 49.0 cm³/mol. The second-order valence-electron chi connectivity index (χ2n) is 2.95. The Morgan fingerprint density at radius 3 is 2.24 bits per heavy atom. The molecule has 0 aliphatic rings. The van der Waals surface area contributed by atoms with Crippen molar-refractivity contribution < 1.29 is 32.2 Å². The number of carbonyl (C=O) groups is 2. The van der Waals surface area contributed by atoms with Crippen LogP contribution in [-0.2, 0) is 9.53 Å². The fourth-order valence-corrected chi connectivity index (χ4v) is 1.09. The maximum atomic E-state index is 13.5. The summed E-state index contributed by atoms with van der Waals surface area (Å²) in [7, 11) is 0.904. The molecule has 0 bridgehead atoms. The van der Waals surface area contributed by atoms with E-state index in [0.717, 1.165) is 14.0 Å². The van der Waals surface area contributed by atoms with Gasteiger partial charge in [-0.25, -0.2) is 13.6 Å². The maximum absolute atomic E-state index is 13.5. The molecule has 0 amide bonds. The van der Waals surface area contributed by atoms with E-state index in [9.17, 15) is 22.8 Å². The number of methoxy groups -OCH3 is 1. The van der Waals surface area contributed by atoms with E-state index in [1.807, 2.05) is 0 Å². The quantitative estimate of drug-likeness (QED) is 0.455. The summed E-state index contributed by atoms with van der Waals surface area (Å²) in [6.45, 7) is 0.910. The first-order valence-electron chi connectivity index (χ1n) is 4.32. The van der Waals surface area contributed by atoms with Gasteiger partial charge >= 0.3 is 11.9 Å². The minimum atomic E-state index is -1.57. The SMILES string of the molecule is COc1c(F)c(F)cc(C(=O)OC(C)=O)c1F. The third kappa shape index (κ3) is 2.55. The first-order chi connectivity index (χ1) is 7.88. The molecule has 0 spiro atoms. The number of rotatable bonds is 2. The fourth-order valence-electron chi connectivity index (χ4n) is 1.09. The zero-order valence-corrected chi connectivity index (χ0v) is 8.84. The zero-order chi connectivity index (χ0) is 13.2. The van der Waals surface area contributed by atoms with Crippen LogP contribution in [-0.4, -0.2) is 19.0 Å². The molecule has 0 unspecified atom stereocenters. The van der Waals surface area contributed by atoms with Crippen LogP contribution in [0, 0.1) is 17.5 Å². The van der Waals surface area contributed by atoms with Gasteiger partial charge in [0.1, 0.15) is 5.56 Å². The summed E-state index contributed by atoms with van der Waals surface area (Å²) in [5.41, 5.74) is -0.920. The van der Waals surface area contributed by atoms with Crippen LogP contribution < -0.4 is 4.74 Å². The van der Waals surface area contributed by atoms with E-state index in [4.69, 9.17) is 0 Å². The number of carbonyl (C=O) groups excluding carboxylic acids is 2. The molecule has 0 heterocycles. The van der Waals surface area contributed by atoms with Crippen molar-refractivity contribution in [3.05, 3.63) is 29.1 Å². The summed E-state index contributed by atoms with van der Waals surface area (Å²) in [6.07, 6.45) is 0. The molecule has 0 fully saturated rings. The van der Waals surface area contributed by atoms with E-state index in [-0.39, 0.29) is 0 Å². The molecule has 1 aromatic rings. The summed E-state index contributed by atoms with van der Waals surface area (Å²) >= 11 is 0. The first-order valence-corrected chi connectivity index (χ1v) is 4.32. The molecule has 0 saturated carbocycles. The first kappa shape index (κ1) is 13.0. The molecule has 0 aliphatic carbocycles. The van der Waals surface area contributed by atoms with Crippen molar-refractivity contribution in [1.29, 1.82) is 0 Å². The lowest BCUT2D eigenvalue weighted by Crippen LogP contribution is -2.13. The molecule has 4 nitrogen and oxygen atoms in total. The van der Waals surface area contributed by atoms with Crippen molar-refractivity contribution in [3.63, 3.8) is 0 Å². The number of hydrogen-bond donors (Lipinski definition) is 0. The van der Waals surface area contributed by atoms with Crippen LogP contribution in [0.15, 0.2) is 6.07 Å². The molecule has 0 atom stereocenters. The smallest absolute Gasteiger partial charge is 0.349 e. The van der Waals surface area contributed by atoms with Gasteiger partial charge in [-0.05, 0) is 6.07 Å². The van der Waals surface area contributed by atoms with Crippen molar-refractivity contribution in [2.45, 2.75) is 6.92 Å². The fraction of sp³-hybridized carbons (Fsp3) is 0.200. The molecule has 0 aliphatic heterocycles. The normalized spacial score (nSPS) is 9.94. The molecule has 1 aromatic carbocycles. The van der Waals surface area contributed by atoms with E-state index in [1.54, 1.807) is 0 Å². The molecule has 0 aromatic heterocycles. The lowest BCUT2D eigenvalue weighted by molar-refractivity contribution is -0.135. The highest BCUT2D eigenvalue weighted by atomic mass is 19.2. The summed E-state index contributed by atoms with van der Waals surface area (Å²) in [6, 6.07) is 0.290. The Kier molecular flexibility index (Phi) is 3.72. The van der Waals surface area contributed by atoms with Gasteiger partial charge in [0.15, 0.2) is 17.4 Å². The van der Waals surface area contributed by atoms with Gasteiger partial charge in [0.2, 0.25) is 5.82 Å². The molecule has 1 rings (SSSR count). The highest BCUT2D eigenvalue weighted by molar-refractivity contribution is 5.96. The minimum Gasteiger partial charge on any atom is -0.491 e. The van der Waals surface area contributed by atoms with Crippen LogP contribution >= 0.6 is 0 Å². The van der Waals surface area contributed by atoms with Crippen molar-refractivity contribution in [2.75, 3.05) is 7.11 Å². The topological polar surface area (TPSA) is 52.6 Å². The van der Waals surface area contributed by atoms with Gasteiger partial charge in [-0.1, -0.05) is 0 Å². The Hall–Kier alpha value is -2.05.